The largest absolute Gasteiger partial charge is 0.491 e. The van der Waals surface area contributed by atoms with Gasteiger partial charge in [-0.3, -0.25) is 0 Å². The summed E-state index contributed by atoms with van der Waals surface area (Å²) in [6.45, 7) is 6.05. The van der Waals surface area contributed by atoms with Crippen LogP contribution in [0.4, 0.5) is 11.4 Å². The van der Waals surface area contributed by atoms with Crippen LogP contribution in [0.2, 0.25) is 0 Å². The molecule has 1 heterocycles. The molecule has 0 spiro atoms. The van der Waals surface area contributed by atoms with Crippen LogP contribution in [-0.2, 0) is 6.42 Å². The van der Waals surface area contributed by atoms with E-state index in [1.54, 1.807) is 0 Å². The first-order valence-corrected chi connectivity index (χ1v) is 9.17. The third-order valence-electron chi connectivity index (χ3n) is 4.55. The topological polar surface area (TPSA) is 24.5 Å². The Kier molecular flexibility index (Phi) is 6.00. The monoisotopic (exact) mass is 324 g/mol. The van der Waals surface area contributed by atoms with Gasteiger partial charge in [0.1, 0.15) is 5.75 Å². The zero-order valence-corrected chi connectivity index (χ0v) is 14.6. The highest BCUT2D eigenvalue weighted by Crippen LogP contribution is 2.27. The summed E-state index contributed by atoms with van der Waals surface area (Å²) in [5.74, 6) is 0.963. The molecule has 2 aromatic carbocycles. The molecule has 1 N–H and O–H groups in total. The maximum atomic E-state index is 5.90. The lowest BCUT2D eigenvalue weighted by atomic mass is 10.0. The Morgan fingerprint density at radius 3 is 2.83 bits per heavy atom. The summed E-state index contributed by atoms with van der Waals surface area (Å²) in [5.41, 5.74) is 3.98. The first-order valence-electron chi connectivity index (χ1n) is 9.17. The van der Waals surface area contributed by atoms with Crippen molar-refractivity contribution in [2.45, 2.75) is 32.6 Å². The molecule has 1 aliphatic heterocycles. The van der Waals surface area contributed by atoms with Crippen LogP contribution in [0.25, 0.3) is 0 Å². The van der Waals surface area contributed by atoms with Crippen LogP contribution >= 0.6 is 0 Å². The molecule has 0 atom stereocenters. The van der Waals surface area contributed by atoms with Gasteiger partial charge < -0.3 is 15.0 Å². The zero-order valence-electron chi connectivity index (χ0n) is 14.6. The summed E-state index contributed by atoms with van der Waals surface area (Å²) in [6.07, 6.45) is 4.70. The number of anilines is 2. The smallest absolute Gasteiger partial charge is 0.142 e. The molecule has 0 radical (unpaired) electrons. The molecule has 3 rings (SSSR count). The number of nitrogens with one attached hydrogen (secondary N) is 1. The number of benzene rings is 2. The zero-order chi connectivity index (χ0) is 16.6. The second kappa shape index (κ2) is 8.62. The third kappa shape index (κ3) is 4.22. The lowest BCUT2D eigenvalue weighted by Crippen LogP contribution is -2.33. The van der Waals surface area contributed by atoms with Crippen molar-refractivity contribution < 1.29 is 4.74 Å². The van der Waals surface area contributed by atoms with Crippen molar-refractivity contribution in [2.24, 2.45) is 0 Å². The molecule has 128 valence electrons. The Bertz CT molecular complexity index is 641. The van der Waals surface area contributed by atoms with Crippen LogP contribution in [0.15, 0.2) is 48.5 Å². The van der Waals surface area contributed by atoms with E-state index in [1.807, 2.05) is 12.1 Å². The molecule has 3 nitrogen and oxygen atoms in total. The summed E-state index contributed by atoms with van der Waals surface area (Å²) in [5, 5.41) is 3.55. The Morgan fingerprint density at radius 2 is 1.92 bits per heavy atom. The quantitative estimate of drug-likeness (QED) is 0.710. The van der Waals surface area contributed by atoms with Crippen molar-refractivity contribution in [1.82, 2.24) is 0 Å². The lowest BCUT2D eigenvalue weighted by molar-refractivity contribution is 0.310. The van der Waals surface area contributed by atoms with E-state index in [1.165, 1.54) is 24.1 Å². The van der Waals surface area contributed by atoms with Gasteiger partial charge in [0.15, 0.2) is 0 Å². The number of unbranched alkanes of at least 4 members (excludes halogenated alkanes) is 1. The molecule has 0 aliphatic carbocycles. The minimum Gasteiger partial charge on any atom is -0.491 e. The average molecular weight is 324 g/mol. The van der Waals surface area contributed by atoms with E-state index in [2.05, 4.69) is 53.5 Å². The average Bonchev–Trinajstić information content (AvgIpc) is 2.63. The molecule has 3 heteroatoms. The van der Waals surface area contributed by atoms with Crippen LogP contribution in [-0.4, -0.2) is 26.2 Å². The van der Waals surface area contributed by atoms with Gasteiger partial charge in [-0.05, 0) is 43.0 Å². The van der Waals surface area contributed by atoms with E-state index in [-0.39, 0.29) is 0 Å². The van der Waals surface area contributed by atoms with Crippen LogP contribution in [0.3, 0.4) is 0 Å². The maximum absolute atomic E-state index is 5.90. The minimum absolute atomic E-state index is 0.786. The highest BCUT2D eigenvalue weighted by molar-refractivity contribution is 5.58. The number of fused-ring (bicyclic) bond motifs is 1. The number of rotatable bonds is 8. The minimum atomic E-state index is 0.786. The predicted molar refractivity (Wildman–Crippen MR) is 102 cm³/mol. The summed E-state index contributed by atoms with van der Waals surface area (Å²) in [4.78, 5) is 2.49. The summed E-state index contributed by atoms with van der Waals surface area (Å²) in [7, 11) is 0. The lowest BCUT2D eigenvalue weighted by Gasteiger charge is -2.31. The fourth-order valence-electron chi connectivity index (χ4n) is 3.23. The molecule has 1 aliphatic rings. The maximum Gasteiger partial charge on any atom is 0.142 e. The fourth-order valence-corrected chi connectivity index (χ4v) is 3.23. The summed E-state index contributed by atoms with van der Waals surface area (Å²) in [6, 6.07) is 17.0. The van der Waals surface area contributed by atoms with Crippen molar-refractivity contribution in [3.05, 3.63) is 54.1 Å². The first-order chi connectivity index (χ1) is 11.9. The van der Waals surface area contributed by atoms with Gasteiger partial charge in [-0.25, -0.2) is 0 Å². The van der Waals surface area contributed by atoms with Gasteiger partial charge >= 0.3 is 0 Å². The third-order valence-corrected chi connectivity index (χ3v) is 4.55. The van der Waals surface area contributed by atoms with Crippen molar-refractivity contribution in [2.75, 3.05) is 36.5 Å². The summed E-state index contributed by atoms with van der Waals surface area (Å²) < 4.78 is 5.90. The molecule has 0 bridgehead atoms. The molecule has 0 fully saturated rings. The van der Waals surface area contributed by atoms with E-state index in [4.69, 9.17) is 4.74 Å². The Morgan fingerprint density at radius 1 is 1.08 bits per heavy atom. The number of para-hydroxylation sites is 3. The Hall–Kier alpha value is -2.16. The molecule has 2 aromatic rings. The summed E-state index contributed by atoms with van der Waals surface area (Å²) >= 11 is 0. The van der Waals surface area contributed by atoms with Crippen LogP contribution < -0.4 is 15.0 Å². The number of hydrogen-bond donors (Lipinski definition) is 1. The normalized spacial score (nSPS) is 13.5. The number of nitrogens with zero attached hydrogens (tertiary/aromatic N) is 1. The molecule has 0 saturated carbocycles. The van der Waals surface area contributed by atoms with Gasteiger partial charge in [0.2, 0.25) is 0 Å². The molecule has 0 aromatic heterocycles. The molecule has 0 amide bonds. The molecule has 0 saturated heterocycles. The SMILES string of the molecule is CCCCOc1ccccc1NCCN1CCCc2ccccc21. The first kappa shape index (κ1) is 16.7. The Labute approximate surface area is 145 Å². The number of aryl methyl sites for hydroxylation is 1. The van der Waals surface area contributed by atoms with Gasteiger partial charge in [0.25, 0.3) is 0 Å². The van der Waals surface area contributed by atoms with Gasteiger partial charge in [-0.15, -0.1) is 0 Å². The number of ether oxygens (including phenoxy) is 1. The molecular weight excluding hydrogens is 296 g/mol. The van der Waals surface area contributed by atoms with E-state index in [0.717, 1.165) is 50.5 Å². The molecule has 0 unspecified atom stereocenters. The standard InChI is InChI=1S/C21H28N2O/c1-2-3-17-24-21-13-7-5-11-19(21)22-14-16-23-15-8-10-18-9-4-6-12-20(18)23/h4-7,9,11-13,22H,2-3,8,10,14-17H2,1H3. The number of hydrogen-bond acceptors (Lipinski definition) is 3. The highest BCUT2D eigenvalue weighted by Gasteiger charge is 2.15. The molecule has 24 heavy (non-hydrogen) atoms. The Balaban J connectivity index is 1.56. The fraction of sp³-hybridized carbons (Fsp3) is 0.429. The second-order valence-electron chi connectivity index (χ2n) is 6.34. The molecular formula is C21H28N2O. The van der Waals surface area contributed by atoms with Gasteiger partial charge in [0.05, 0.1) is 12.3 Å². The van der Waals surface area contributed by atoms with Crippen LogP contribution in [0.1, 0.15) is 31.7 Å². The predicted octanol–water partition coefficient (Wildman–Crippen LogP) is 4.73. The van der Waals surface area contributed by atoms with E-state index >= 15 is 0 Å². The highest BCUT2D eigenvalue weighted by atomic mass is 16.5. The van der Waals surface area contributed by atoms with Crippen LogP contribution in [0.5, 0.6) is 5.75 Å². The van der Waals surface area contributed by atoms with Gasteiger partial charge in [-0.2, -0.15) is 0 Å². The van der Waals surface area contributed by atoms with Gasteiger partial charge in [-0.1, -0.05) is 43.7 Å². The van der Waals surface area contributed by atoms with Crippen LogP contribution in [0, 0.1) is 0 Å². The second-order valence-corrected chi connectivity index (χ2v) is 6.34. The van der Waals surface area contributed by atoms with E-state index < -0.39 is 0 Å². The van der Waals surface area contributed by atoms with E-state index in [0.29, 0.717) is 0 Å². The van der Waals surface area contributed by atoms with Crippen molar-refractivity contribution in [1.29, 1.82) is 0 Å². The van der Waals surface area contributed by atoms with Crippen molar-refractivity contribution in [3.63, 3.8) is 0 Å². The van der Waals surface area contributed by atoms with Gasteiger partial charge in [0, 0.05) is 25.3 Å². The van der Waals surface area contributed by atoms with Crippen molar-refractivity contribution in [3.8, 4) is 5.75 Å². The van der Waals surface area contributed by atoms with E-state index in [9.17, 15) is 0 Å². The van der Waals surface area contributed by atoms with Crippen molar-refractivity contribution >= 4 is 11.4 Å².